The second-order valence-corrected chi connectivity index (χ2v) is 9.20. The number of methoxy groups -OCH3 is 2. The van der Waals surface area contributed by atoms with Crippen LogP contribution in [-0.2, 0) is 20.7 Å². The van der Waals surface area contributed by atoms with Crippen molar-refractivity contribution < 1.29 is 14.3 Å². The van der Waals surface area contributed by atoms with Gasteiger partial charge in [0.2, 0.25) is 5.91 Å². The average molecular weight is 463 g/mol. The highest BCUT2D eigenvalue weighted by Gasteiger charge is 2.33. The van der Waals surface area contributed by atoms with Crippen molar-refractivity contribution in [2.24, 2.45) is 0 Å². The van der Waals surface area contributed by atoms with E-state index in [2.05, 4.69) is 30.0 Å². The molecule has 2 aliphatic rings. The molecule has 0 bridgehead atoms. The lowest BCUT2D eigenvalue weighted by atomic mass is 9.94. The van der Waals surface area contributed by atoms with Crippen LogP contribution in [-0.4, -0.2) is 68.9 Å². The van der Waals surface area contributed by atoms with Gasteiger partial charge < -0.3 is 19.3 Å². The fraction of sp³-hybridized carbons (Fsp3) is 0.519. The number of piperazine rings is 1. The van der Waals surface area contributed by atoms with Crippen molar-refractivity contribution in [3.63, 3.8) is 0 Å². The molecule has 1 aromatic heterocycles. The van der Waals surface area contributed by atoms with E-state index in [1.807, 2.05) is 23.1 Å². The quantitative estimate of drug-likeness (QED) is 0.565. The predicted octanol–water partition coefficient (Wildman–Crippen LogP) is 3.76. The van der Waals surface area contributed by atoms with Crippen LogP contribution in [0.4, 0.5) is 5.82 Å². The number of amides is 1. The highest BCUT2D eigenvalue weighted by Crippen LogP contribution is 2.45. The zero-order valence-corrected chi connectivity index (χ0v) is 20.4. The number of carbonyl (C=O) groups is 1. The summed E-state index contributed by atoms with van der Waals surface area (Å²) in [6.45, 7) is 5.09. The van der Waals surface area contributed by atoms with Gasteiger partial charge in [-0.1, -0.05) is 24.3 Å². The zero-order valence-electron chi connectivity index (χ0n) is 20.4. The first kappa shape index (κ1) is 24.2. The second kappa shape index (κ2) is 11.0. The summed E-state index contributed by atoms with van der Waals surface area (Å²) in [5, 5.41) is 10.1. The van der Waals surface area contributed by atoms with E-state index in [0.717, 1.165) is 41.9 Å². The summed E-state index contributed by atoms with van der Waals surface area (Å²) in [6, 6.07) is 12.8. The van der Waals surface area contributed by atoms with Gasteiger partial charge in [0.05, 0.1) is 30.9 Å². The topological polar surface area (TPSA) is 78.7 Å². The van der Waals surface area contributed by atoms with E-state index in [1.54, 1.807) is 14.2 Å². The van der Waals surface area contributed by atoms with Crippen molar-refractivity contribution in [1.82, 2.24) is 9.88 Å². The lowest BCUT2D eigenvalue weighted by Gasteiger charge is -2.41. The fourth-order valence-corrected chi connectivity index (χ4v) is 4.79. The summed E-state index contributed by atoms with van der Waals surface area (Å²) in [5.74, 6) is 1.30. The summed E-state index contributed by atoms with van der Waals surface area (Å²) in [5.41, 5.74) is 5.09. The standard InChI is InChI=1S/C27H34N4O3/c1-19-18-30(12-13-31(19)25(32)11-15-34-3)27-22(17-28)16-24(26(29-27)21-8-9-21)23-7-5-4-6-20(23)10-14-33-2/h4-7,16,19,21H,8-15,18H2,1-3H3. The molecule has 7 heteroatoms. The molecule has 1 saturated carbocycles. The molecule has 180 valence electrons. The number of rotatable bonds is 9. The Morgan fingerprint density at radius 1 is 1.15 bits per heavy atom. The van der Waals surface area contributed by atoms with E-state index in [-0.39, 0.29) is 11.9 Å². The van der Waals surface area contributed by atoms with E-state index in [1.165, 1.54) is 5.56 Å². The number of ether oxygens (including phenoxy) is 2. The molecule has 0 N–H and O–H groups in total. The highest BCUT2D eigenvalue weighted by molar-refractivity contribution is 5.77. The summed E-state index contributed by atoms with van der Waals surface area (Å²) in [4.78, 5) is 21.8. The fourth-order valence-electron chi connectivity index (χ4n) is 4.79. The predicted molar refractivity (Wildman–Crippen MR) is 132 cm³/mol. The van der Waals surface area contributed by atoms with Gasteiger partial charge in [0.15, 0.2) is 0 Å². The number of nitriles is 1. The van der Waals surface area contributed by atoms with Crippen LogP contribution >= 0.6 is 0 Å². The van der Waals surface area contributed by atoms with Crippen LogP contribution in [0, 0.1) is 11.3 Å². The Hall–Kier alpha value is -2.95. The molecule has 2 aromatic rings. The van der Waals surface area contributed by atoms with E-state index in [0.29, 0.717) is 50.8 Å². The molecule has 1 saturated heterocycles. The van der Waals surface area contributed by atoms with Gasteiger partial charge in [-0.25, -0.2) is 4.98 Å². The van der Waals surface area contributed by atoms with Crippen molar-refractivity contribution in [2.45, 2.75) is 44.6 Å². The van der Waals surface area contributed by atoms with E-state index >= 15 is 0 Å². The Morgan fingerprint density at radius 3 is 2.59 bits per heavy atom. The van der Waals surface area contributed by atoms with Crippen LogP contribution in [0.25, 0.3) is 11.1 Å². The Bertz CT molecular complexity index is 1060. The highest BCUT2D eigenvalue weighted by atomic mass is 16.5. The van der Waals surface area contributed by atoms with Gasteiger partial charge in [-0.05, 0) is 43.4 Å². The Kier molecular flexibility index (Phi) is 7.81. The van der Waals surface area contributed by atoms with Gasteiger partial charge in [-0.2, -0.15) is 5.26 Å². The van der Waals surface area contributed by atoms with Crippen molar-refractivity contribution in [1.29, 1.82) is 5.26 Å². The third-order valence-corrected chi connectivity index (χ3v) is 6.77. The van der Waals surface area contributed by atoms with Crippen LogP contribution in [0.5, 0.6) is 0 Å². The summed E-state index contributed by atoms with van der Waals surface area (Å²) < 4.78 is 10.4. The molecule has 4 rings (SSSR count). The molecular weight excluding hydrogens is 428 g/mol. The third-order valence-electron chi connectivity index (χ3n) is 6.77. The lowest BCUT2D eigenvalue weighted by molar-refractivity contribution is -0.134. The molecule has 2 fully saturated rings. The van der Waals surface area contributed by atoms with Crippen molar-refractivity contribution in [3.05, 3.63) is 47.2 Å². The molecule has 2 heterocycles. The number of hydrogen-bond donors (Lipinski definition) is 0. The van der Waals surface area contributed by atoms with Crippen molar-refractivity contribution in [2.75, 3.05) is 52.0 Å². The molecule has 1 aromatic carbocycles. The first-order valence-corrected chi connectivity index (χ1v) is 12.1. The minimum atomic E-state index is 0.0465. The maximum atomic E-state index is 12.5. The van der Waals surface area contributed by atoms with E-state index in [4.69, 9.17) is 14.5 Å². The number of aromatic nitrogens is 1. The Balaban J connectivity index is 1.65. The number of anilines is 1. The molecule has 34 heavy (non-hydrogen) atoms. The largest absolute Gasteiger partial charge is 0.384 e. The van der Waals surface area contributed by atoms with Crippen LogP contribution in [0.2, 0.25) is 0 Å². The molecule has 1 atom stereocenters. The van der Waals surface area contributed by atoms with Gasteiger partial charge in [0.1, 0.15) is 11.9 Å². The molecule has 0 spiro atoms. The van der Waals surface area contributed by atoms with Crippen LogP contribution < -0.4 is 4.90 Å². The summed E-state index contributed by atoms with van der Waals surface area (Å²) in [6.07, 6.45) is 3.47. The molecule has 1 unspecified atom stereocenters. The monoisotopic (exact) mass is 462 g/mol. The zero-order chi connectivity index (χ0) is 24.1. The van der Waals surface area contributed by atoms with Crippen molar-refractivity contribution >= 4 is 11.7 Å². The number of benzene rings is 1. The van der Waals surface area contributed by atoms with Gasteiger partial charge in [0.25, 0.3) is 0 Å². The summed E-state index contributed by atoms with van der Waals surface area (Å²) >= 11 is 0. The number of nitrogens with zero attached hydrogens (tertiary/aromatic N) is 4. The minimum Gasteiger partial charge on any atom is -0.384 e. The number of hydrogen-bond acceptors (Lipinski definition) is 6. The van der Waals surface area contributed by atoms with Gasteiger partial charge in [-0.15, -0.1) is 0 Å². The lowest BCUT2D eigenvalue weighted by Crippen LogP contribution is -2.54. The molecule has 1 aliphatic heterocycles. The molecule has 7 nitrogen and oxygen atoms in total. The van der Waals surface area contributed by atoms with Crippen LogP contribution in [0.15, 0.2) is 30.3 Å². The second-order valence-electron chi connectivity index (χ2n) is 9.20. The van der Waals surface area contributed by atoms with E-state index in [9.17, 15) is 10.1 Å². The molecule has 1 aliphatic carbocycles. The third kappa shape index (κ3) is 5.24. The maximum absolute atomic E-state index is 12.5. The first-order valence-electron chi connectivity index (χ1n) is 12.1. The smallest absolute Gasteiger partial charge is 0.225 e. The number of pyridine rings is 1. The SMILES string of the molecule is COCCC(=O)N1CCN(c2nc(C3CC3)c(-c3ccccc3CCOC)cc2C#N)CC1C. The maximum Gasteiger partial charge on any atom is 0.225 e. The average Bonchev–Trinajstić information content (AvgIpc) is 3.71. The summed E-state index contributed by atoms with van der Waals surface area (Å²) in [7, 11) is 3.33. The number of carbonyl (C=O) groups excluding carboxylic acids is 1. The van der Waals surface area contributed by atoms with Crippen LogP contribution in [0.1, 0.15) is 48.9 Å². The Morgan fingerprint density at radius 2 is 1.91 bits per heavy atom. The molecule has 1 amide bonds. The van der Waals surface area contributed by atoms with Gasteiger partial charge in [-0.3, -0.25) is 4.79 Å². The van der Waals surface area contributed by atoms with E-state index < -0.39 is 0 Å². The van der Waals surface area contributed by atoms with Gasteiger partial charge >= 0.3 is 0 Å². The first-order chi connectivity index (χ1) is 16.6. The Labute approximate surface area is 202 Å². The van der Waals surface area contributed by atoms with Gasteiger partial charge in [0, 0.05) is 51.4 Å². The van der Waals surface area contributed by atoms with Crippen LogP contribution in [0.3, 0.4) is 0 Å². The minimum absolute atomic E-state index is 0.0465. The molecular formula is C27H34N4O3. The van der Waals surface area contributed by atoms with Crippen molar-refractivity contribution in [3.8, 4) is 17.2 Å². The molecule has 0 radical (unpaired) electrons. The normalized spacial score (nSPS) is 18.1.